The van der Waals surface area contributed by atoms with Crippen molar-refractivity contribution in [2.45, 2.75) is 56.5 Å². The molecule has 4 nitrogen and oxygen atoms in total. The lowest BCUT2D eigenvalue weighted by atomic mass is 9.93. The fourth-order valence-corrected chi connectivity index (χ4v) is 8.44. The Morgan fingerprint density at radius 2 is 1.75 bits per heavy atom. The molecule has 1 N–H and O–H groups in total. The molecule has 6 heterocycles. The van der Waals surface area contributed by atoms with Crippen LogP contribution < -0.4 is 0 Å². The van der Waals surface area contributed by atoms with Crippen molar-refractivity contribution in [1.82, 2.24) is 19.4 Å². The maximum absolute atomic E-state index is 6.69. The van der Waals surface area contributed by atoms with Gasteiger partial charge in [0, 0.05) is 71.6 Å². The number of aromatic nitrogens is 2. The maximum atomic E-state index is 6.69. The minimum absolute atomic E-state index is 0.297. The fourth-order valence-electron chi connectivity index (χ4n) is 8.06. The van der Waals surface area contributed by atoms with Crippen molar-refractivity contribution in [3.63, 3.8) is 0 Å². The fraction of sp³-hybridized carbons (Fsp3) is 0.467. The predicted molar refractivity (Wildman–Crippen MR) is 149 cm³/mol. The Morgan fingerprint density at radius 3 is 2.69 bits per heavy atom. The van der Waals surface area contributed by atoms with Gasteiger partial charge in [0.25, 0.3) is 0 Å². The van der Waals surface area contributed by atoms with E-state index in [0.29, 0.717) is 18.0 Å². The molecular formula is C30H32Cl2N4. The second kappa shape index (κ2) is 8.26. The number of nitrogens with zero attached hydrogens (tertiary/aromatic N) is 3. The standard InChI is InChI=1S/C30H32Cl2N4/c31-20-8-9-21-23-10-13-34-11-2-5-19(16-34)30(23)36(26(21)14-20)27-15-24-22-6-1-7-25(32)29(22)33-28(24)18-4-3-12-35(27)17-18/h1,6-9,14,18-19,27,33H,2-5,10-13,15-17H2. The molecule has 0 aliphatic carbocycles. The second-order valence-corrected chi connectivity index (χ2v) is 12.3. The number of hydrogen-bond acceptors (Lipinski definition) is 2. The molecule has 0 spiro atoms. The van der Waals surface area contributed by atoms with E-state index in [0.717, 1.165) is 41.5 Å². The highest BCUT2D eigenvalue weighted by atomic mass is 35.5. The minimum Gasteiger partial charge on any atom is -0.357 e. The highest BCUT2D eigenvalue weighted by Crippen LogP contribution is 2.46. The van der Waals surface area contributed by atoms with Gasteiger partial charge in [-0.2, -0.15) is 0 Å². The lowest BCUT2D eigenvalue weighted by Gasteiger charge is -2.39. The molecule has 2 aromatic heterocycles. The molecule has 4 bridgehead atoms. The van der Waals surface area contributed by atoms with Crippen molar-refractivity contribution in [2.24, 2.45) is 0 Å². The number of aromatic amines is 1. The van der Waals surface area contributed by atoms with Crippen molar-refractivity contribution < 1.29 is 0 Å². The van der Waals surface area contributed by atoms with E-state index in [4.69, 9.17) is 23.2 Å². The van der Waals surface area contributed by atoms with Gasteiger partial charge in [-0.25, -0.2) is 0 Å². The zero-order valence-electron chi connectivity index (χ0n) is 20.6. The quantitative estimate of drug-likeness (QED) is 0.291. The normalized spacial score (nSPS) is 29.6. The molecule has 186 valence electrons. The van der Waals surface area contributed by atoms with Crippen molar-refractivity contribution in [3.05, 3.63) is 69.0 Å². The van der Waals surface area contributed by atoms with Crippen LogP contribution in [-0.2, 0) is 12.8 Å². The zero-order chi connectivity index (χ0) is 24.0. The van der Waals surface area contributed by atoms with Crippen LogP contribution in [0.1, 0.15) is 66.2 Å². The summed E-state index contributed by atoms with van der Waals surface area (Å²) in [6, 6.07) is 13.0. The topological polar surface area (TPSA) is 27.2 Å². The van der Waals surface area contributed by atoms with Gasteiger partial charge >= 0.3 is 0 Å². The number of piperidine rings is 2. The first-order chi connectivity index (χ1) is 17.7. The van der Waals surface area contributed by atoms with Gasteiger partial charge in [0.1, 0.15) is 0 Å². The monoisotopic (exact) mass is 518 g/mol. The van der Waals surface area contributed by atoms with Crippen molar-refractivity contribution in [1.29, 1.82) is 0 Å². The Hall–Kier alpha value is -1.98. The van der Waals surface area contributed by atoms with Gasteiger partial charge in [-0.15, -0.1) is 0 Å². The summed E-state index contributed by atoms with van der Waals surface area (Å²) < 4.78 is 2.76. The number of benzene rings is 2. The summed E-state index contributed by atoms with van der Waals surface area (Å²) in [7, 11) is 0. The third-order valence-electron chi connectivity index (χ3n) is 9.57. The number of nitrogens with one attached hydrogen (secondary N) is 1. The van der Waals surface area contributed by atoms with Crippen LogP contribution in [0, 0.1) is 0 Å². The molecule has 2 aromatic carbocycles. The Balaban J connectivity index is 1.38. The molecule has 4 aliphatic heterocycles. The summed E-state index contributed by atoms with van der Waals surface area (Å²) in [5, 5.41) is 4.40. The largest absolute Gasteiger partial charge is 0.357 e. The predicted octanol–water partition coefficient (Wildman–Crippen LogP) is 7.10. The molecular weight excluding hydrogens is 487 g/mol. The van der Waals surface area contributed by atoms with Crippen molar-refractivity contribution in [2.75, 3.05) is 32.7 Å². The number of rotatable bonds is 1. The molecule has 5 unspecified atom stereocenters. The van der Waals surface area contributed by atoms with Gasteiger partial charge in [0.2, 0.25) is 0 Å². The van der Waals surface area contributed by atoms with Crippen LogP contribution in [0.5, 0.6) is 0 Å². The lowest BCUT2D eigenvalue weighted by molar-refractivity contribution is 0.107. The summed E-state index contributed by atoms with van der Waals surface area (Å²) in [6.07, 6.45) is 7.51. The van der Waals surface area contributed by atoms with E-state index in [1.54, 1.807) is 11.3 Å². The molecule has 0 radical (unpaired) electrons. The molecule has 2 fully saturated rings. The van der Waals surface area contributed by atoms with Gasteiger partial charge in [0.05, 0.1) is 22.2 Å². The molecule has 2 saturated heterocycles. The van der Waals surface area contributed by atoms with Crippen LogP contribution in [0.2, 0.25) is 10.0 Å². The van der Waals surface area contributed by atoms with Gasteiger partial charge in [-0.05, 0) is 68.0 Å². The van der Waals surface area contributed by atoms with Crippen molar-refractivity contribution in [3.8, 4) is 0 Å². The molecule has 8 rings (SSSR count). The highest BCUT2D eigenvalue weighted by molar-refractivity contribution is 6.35. The Bertz CT molecular complexity index is 1500. The Kier molecular flexibility index (Phi) is 5.06. The van der Waals surface area contributed by atoms with E-state index in [1.807, 2.05) is 6.07 Å². The summed E-state index contributed by atoms with van der Waals surface area (Å²) in [5.74, 6) is 1.14. The van der Waals surface area contributed by atoms with Crippen LogP contribution >= 0.6 is 23.2 Å². The van der Waals surface area contributed by atoms with E-state index in [-0.39, 0.29) is 0 Å². The number of H-pyrrole nitrogens is 1. The van der Waals surface area contributed by atoms with Crippen LogP contribution in [0.4, 0.5) is 0 Å². The van der Waals surface area contributed by atoms with Crippen LogP contribution in [0.3, 0.4) is 0 Å². The molecule has 0 amide bonds. The SMILES string of the molecule is Clc1ccc2c3c(n(C4Cc5c([nH]c6c(Cl)cccc56)C5CCCN4C5)c2c1)C1CCCN(CC3)C1. The van der Waals surface area contributed by atoms with E-state index in [2.05, 4.69) is 49.7 Å². The number of fused-ring (bicyclic) bond motifs is 12. The smallest absolute Gasteiger partial charge is 0.0909 e. The molecule has 5 atom stereocenters. The van der Waals surface area contributed by atoms with Crippen LogP contribution in [-0.4, -0.2) is 52.1 Å². The van der Waals surface area contributed by atoms with E-state index in [9.17, 15) is 0 Å². The average Bonchev–Trinajstić information content (AvgIpc) is 3.35. The van der Waals surface area contributed by atoms with Gasteiger partial charge < -0.3 is 14.5 Å². The summed E-state index contributed by atoms with van der Waals surface area (Å²) in [4.78, 5) is 9.28. The lowest BCUT2D eigenvalue weighted by Crippen LogP contribution is -2.40. The average molecular weight is 520 g/mol. The van der Waals surface area contributed by atoms with Gasteiger partial charge in [0.15, 0.2) is 0 Å². The Morgan fingerprint density at radius 1 is 0.861 bits per heavy atom. The third-order valence-corrected chi connectivity index (χ3v) is 10.1. The maximum Gasteiger partial charge on any atom is 0.0909 e. The van der Waals surface area contributed by atoms with E-state index < -0.39 is 0 Å². The molecule has 4 aliphatic rings. The summed E-state index contributed by atoms with van der Waals surface area (Å²) >= 11 is 13.4. The third kappa shape index (κ3) is 3.21. The van der Waals surface area contributed by atoms with Crippen LogP contribution in [0.15, 0.2) is 36.4 Å². The van der Waals surface area contributed by atoms with Crippen molar-refractivity contribution >= 4 is 45.0 Å². The first-order valence-electron chi connectivity index (χ1n) is 13.7. The number of halogens is 2. The summed E-state index contributed by atoms with van der Waals surface area (Å²) in [6.45, 7) is 5.89. The van der Waals surface area contributed by atoms with E-state index in [1.165, 1.54) is 72.9 Å². The molecule has 0 saturated carbocycles. The molecule has 6 heteroatoms. The highest BCUT2D eigenvalue weighted by Gasteiger charge is 2.39. The van der Waals surface area contributed by atoms with E-state index >= 15 is 0 Å². The Labute approximate surface area is 222 Å². The number of hydrogen-bond donors (Lipinski definition) is 1. The first-order valence-corrected chi connectivity index (χ1v) is 14.5. The number of para-hydroxylation sites is 1. The molecule has 36 heavy (non-hydrogen) atoms. The van der Waals surface area contributed by atoms with Gasteiger partial charge in [-0.1, -0.05) is 41.4 Å². The minimum atomic E-state index is 0.297. The second-order valence-electron chi connectivity index (χ2n) is 11.5. The summed E-state index contributed by atoms with van der Waals surface area (Å²) in [5.41, 5.74) is 8.53. The zero-order valence-corrected chi connectivity index (χ0v) is 22.1. The van der Waals surface area contributed by atoms with Crippen LogP contribution in [0.25, 0.3) is 21.8 Å². The van der Waals surface area contributed by atoms with Gasteiger partial charge in [-0.3, -0.25) is 4.90 Å². The molecule has 4 aromatic rings. The first kappa shape index (κ1) is 22.0.